The van der Waals surface area contributed by atoms with E-state index in [9.17, 15) is 0 Å². The molecule has 0 aliphatic heterocycles. The van der Waals surface area contributed by atoms with Gasteiger partial charge in [-0.05, 0) is 13.0 Å². The Morgan fingerprint density at radius 1 is 1.35 bits per heavy atom. The molecule has 1 rings (SSSR count). The Bertz CT molecular complexity index is 289. The second kappa shape index (κ2) is 9.15. The molecular formula is C12H23N3O2. The maximum absolute atomic E-state index is 5.40. The zero-order chi connectivity index (χ0) is 12.3. The highest BCUT2D eigenvalue weighted by Gasteiger charge is 1.98. The summed E-state index contributed by atoms with van der Waals surface area (Å²) in [5, 5.41) is 3.33. The van der Waals surface area contributed by atoms with E-state index in [0.717, 1.165) is 31.7 Å². The molecule has 5 heteroatoms. The van der Waals surface area contributed by atoms with Gasteiger partial charge < -0.3 is 19.4 Å². The molecule has 0 aliphatic carbocycles. The van der Waals surface area contributed by atoms with Crippen LogP contribution in [0.4, 0.5) is 0 Å². The molecule has 5 nitrogen and oxygen atoms in total. The van der Waals surface area contributed by atoms with Crippen molar-refractivity contribution >= 4 is 0 Å². The van der Waals surface area contributed by atoms with Crippen molar-refractivity contribution in [1.82, 2.24) is 14.9 Å². The van der Waals surface area contributed by atoms with Crippen LogP contribution in [0.1, 0.15) is 19.0 Å². The molecule has 0 saturated carbocycles. The molecule has 0 aromatic carbocycles. The Hall–Kier alpha value is -0.910. The predicted octanol–water partition coefficient (Wildman–Crippen LogP) is 1.05. The second-order valence-electron chi connectivity index (χ2n) is 3.88. The molecule has 0 aliphatic rings. The largest absolute Gasteiger partial charge is 0.382 e. The highest BCUT2D eigenvalue weighted by Crippen LogP contribution is 1.96. The first-order valence-electron chi connectivity index (χ1n) is 6.15. The molecule has 0 bridgehead atoms. The number of nitrogens with one attached hydrogen (secondary N) is 1. The highest BCUT2D eigenvalue weighted by atomic mass is 16.5. The van der Waals surface area contributed by atoms with Crippen molar-refractivity contribution in [2.45, 2.75) is 26.4 Å². The number of aromatic nitrogens is 2. The van der Waals surface area contributed by atoms with Crippen molar-refractivity contribution in [2.75, 3.05) is 33.5 Å². The third-order valence-electron chi connectivity index (χ3n) is 2.35. The summed E-state index contributed by atoms with van der Waals surface area (Å²) in [4.78, 5) is 4.32. The van der Waals surface area contributed by atoms with E-state index in [1.165, 1.54) is 0 Å². The number of ether oxygens (including phenoxy) is 2. The van der Waals surface area contributed by atoms with Crippen LogP contribution in [0.5, 0.6) is 0 Å². The van der Waals surface area contributed by atoms with Crippen LogP contribution < -0.4 is 5.32 Å². The molecule has 1 N–H and O–H groups in total. The normalized spacial score (nSPS) is 10.9. The van der Waals surface area contributed by atoms with Gasteiger partial charge in [0.25, 0.3) is 0 Å². The summed E-state index contributed by atoms with van der Waals surface area (Å²) in [5.41, 5.74) is 1.08. The molecule has 1 aromatic rings. The lowest BCUT2D eigenvalue weighted by molar-refractivity contribution is 0.0666. The van der Waals surface area contributed by atoms with Gasteiger partial charge in [0, 0.05) is 26.4 Å². The first kappa shape index (κ1) is 14.2. The third kappa shape index (κ3) is 6.41. The lowest BCUT2D eigenvalue weighted by Crippen LogP contribution is -2.14. The van der Waals surface area contributed by atoms with Gasteiger partial charge >= 0.3 is 0 Å². The van der Waals surface area contributed by atoms with Crippen molar-refractivity contribution in [3.63, 3.8) is 0 Å². The number of methoxy groups -OCH3 is 1. The van der Waals surface area contributed by atoms with Crippen LogP contribution in [0.2, 0.25) is 0 Å². The maximum atomic E-state index is 5.40. The van der Waals surface area contributed by atoms with Gasteiger partial charge in [-0.3, -0.25) is 0 Å². The van der Waals surface area contributed by atoms with Gasteiger partial charge in [0.2, 0.25) is 0 Å². The summed E-state index contributed by atoms with van der Waals surface area (Å²) in [6.45, 7) is 6.86. The van der Waals surface area contributed by atoms with Crippen molar-refractivity contribution in [2.24, 2.45) is 0 Å². The fourth-order valence-electron chi connectivity index (χ4n) is 1.43. The highest BCUT2D eigenvalue weighted by molar-refractivity contribution is 4.95. The topological polar surface area (TPSA) is 48.3 Å². The van der Waals surface area contributed by atoms with Crippen molar-refractivity contribution in [1.29, 1.82) is 0 Å². The van der Waals surface area contributed by atoms with E-state index in [4.69, 9.17) is 9.47 Å². The summed E-state index contributed by atoms with van der Waals surface area (Å²) >= 11 is 0. The van der Waals surface area contributed by atoms with Gasteiger partial charge in [-0.25, -0.2) is 4.98 Å². The summed E-state index contributed by atoms with van der Waals surface area (Å²) < 4.78 is 12.3. The molecule has 0 radical (unpaired) electrons. The van der Waals surface area contributed by atoms with Crippen LogP contribution >= 0.6 is 0 Å². The Kier molecular flexibility index (Phi) is 7.62. The fraction of sp³-hybridized carbons (Fsp3) is 0.750. The van der Waals surface area contributed by atoms with Gasteiger partial charge in [-0.15, -0.1) is 0 Å². The lowest BCUT2D eigenvalue weighted by Gasteiger charge is -2.03. The van der Waals surface area contributed by atoms with Crippen LogP contribution in [0.3, 0.4) is 0 Å². The Labute approximate surface area is 103 Å². The molecule has 0 atom stereocenters. The van der Waals surface area contributed by atoms with E-state index in [1.54, 1.807) is 7.11 Å². The van der Waals surface area contributed by atoms with Crippen LogP contribution in [-0.4, -0.2) is 43.0 Å². The van der Waals surface area contributed by atoms with E-state index >= 15 is 0 Å². The molecule has 0 fully saturated rings. The van der Waals surface area contributed by atoms with E-state index in [0.29, 0.717) is 19.8 Å². The number of imidazole rings is 1. The molecule has 0 amide bonds. The standard InChI is InChI=1S/C12H23N3O2/c1-3-4-13-9-12-10-15(11-14-12)5-6-17-8-7-16-2/h10-11,13H,3-9H2,1-2H3. The van der Waals surface area contributed by atoms with Crippen molar-refractivity contribution in [3.05, 3.63) is 18.2 Å². The monoisotopic (exact) mass is 241 g/mol. The number of nitrogens with zero attached hydrogens (tertiary/aromatic N) is 2. The van der Waals surface area contributed by atoms with Crippen LogP contribution in [0.15, 0.2) is 12.5 Å². The van der Waals surface area contributed by atoms with Gasteiger partial charge in [0.05, 0.1) is 31.8 Å². The summed E-state index contributed by atoms with van der Waals surface area (Å²) in [5.74, 6) is 0. The van der Waals surface area contributed by atoms with E-state index in [-0.39, 0.29) is 0 Å². The van der Waals surface area contributed by atoms with Crippen LogP contribution in [0.25, 0.3) is 0 Å². The number of hydrogen-bond acceptors (Lipinski definition) is 4. The first-order chi connectivity index (χ1) is 8.36. The maximum Gasteiger partial charge on any atom is 0.0950 e. The smallest absolute Gasteiger partial charge is 0.0950 e. The average Bonchev–Trinajstić information content (AvgIpc) is 2.77. The van der Waals surface area contributed by atoms with Crippen molar-refractivity contribution < 1.29 is 9.47 Å². The minimum Gasteiger partial charge on any atom is -0.382 e. The van der Waals surface area contributed by atoms with Gasteiger partial charge in [-0.1, -0.05) is 6.92 Å². The molecule has 1 aromatic heterocycles. The summed E-state index contributed by atoms with van der Waals surface area (Å²) in [7, 11) is 1.68. The van der Waals surface area contributed by atoms with E-state index < -0.39 is 0 Å². The molecule has 17 heavy (non-hydrogen) atoms. The Morgan fingerprint density at radius 3 is 3.00 bits per heavy atom. The first-order valence-corrected chi connectivity index (χ1v) is 6.15. The van der Waals surface area contributed by atoms with Gasteiger partial charge in [0.1, 0.15) is 0 Å². The predicted molar refractivity (Wildman–Crippen MR) is 66.9 cm³/mol. The van der Waals surface area contributed by atoms with Gasteiger partial charge in [-0.2, -0.15) is 0 Å². The SMILES string of the molecule is CCCNCc1cn(CCOCCOC)cn1. The minimum absolute atomic E-state index is 0.649. The summed E-state index contributed by atoms with van der Waals surface area (Å²) in [6, 6.07) is 0. The Balaban J connectivity index is 2.12. The quantitative estimate of drug-likeness (QED) is 0.622. The molecule has 98 valence electrons. The lowest BCUT2D eigenvalue weighted by atomic mass is 10.4. The fourth-order valence-corrected chi connectivity index (χ4v) is 1.43. The summed E-state index contributed by atoms with van der Waals surface area (Å²) in [6.07, 6.45) is 5.05. The van der Waals surface area contributed by atoms with E-state index in [2.05, 4.69) is 28.0 Å². The zero-order valence-electron chi connectivity index (χ0n) is 10.8. The number of rotatable bonds is 10. The minimum atomic E-state index is 0.649. The third-order valence-corrected chi connectivity index (χ3v) is 2.35. The zero-order valence-corrected chi connectivity index (χ0v) is 10.8. The molecule has 0 unspecified atom stereocenters. The molecule has 1 heterocycles. The second-order valence-corrected chi connectivity index (χ2v) is 3.88. The average molecular weight is 241 g/mol. The van der Waals surface area contributed by atoms with Crippen LogP contribution in [-0.2, 0) is 22.6 Å². The van der Waals surface area contributed by atoms with Gasteiger partial charge in [0.15, 0.2) is 0 Å². The molecular weight excluding hydrogens is 218 g/mol. The van der Waals surface area contributed by atoms with Crippen molar-refractivity contribution in [3.8, 4) is 0 Å². The molecule has 0 spiro atoms. The molecule has 0 saturated heterocycles. The number of hydrogen-bond donors (Lipinski definition) is 1. The Morgan fingerprint density at radius 2 is 2.24 bits per heavy atom. The van der Waals surface area contributed by atoms with E-state index in [1.807, 2.05) is 6.33 Å². The van der Waals surface area contributed by atoms with Crippen LogP contribution in [0, 0.1) is 0 Å².